The van der Waals surface area contributed by atoms with Gasteiger partial charge >= 0.3 is 6.16 Å². The Morgan fingerprint density at radius 2 is 1.84 bits per heavy atom. The van der Waals surface area contributed by atoms with E-state index in [4.69, 9.17) is 9.84 Å². The molecule has 1 rings (SSSR count). The van der Waals surface area contributed by atoms with E-state index in [1.165, 1.54) is 25.3 Å². The molecule has 1 aromatic rings. The van der Waals surface area contributed by atoms with Crippen molar-refractivity contribution in [1.29, 1.82) is 0 Å². The Morgan fingerprint density at radius 1 is 1.16 bits per heavy atom. The number of carbonyl (C=O) groups is 1. The lowest BCUT2D eigenvalue weighted by molar-refractivity contribution is 0.142. The fourth-order valence-electron chi connectivity index (χ4n) is 1.68. The minimum absolute atomic E-state index is 0.115. The highest BCUT2D eigenvalue weighted by Gasteiger charge is 2.12. The molecule has 0 heterocycles. The summed E-state index contributed by atoms with van der Waals surface area (Å²) in [5.74, 6) is -0.149. The van der Waals surface area contributed by atoms with Gasteiger partial charge in [-0.1, -0.05) is 38.7 Å². The van der Waals surface area contributed by atoms with Crippen LogP contribution in [-0.2, 0) is 0 Å². The highest BCUT2D eigenvalue weighted by Crippen LogP contribution is 2.35. The van der Waals surface area contributed by atoms with Crippen LogP contribution in [0, 0.1) is 0 Å². The normalized spacial score (nSPS) is 10.2. The molecular weight excluding hydrogens is 248 g/mol. The van der Waals surface area contributed by atoms with Crippen LogP contribution in [0.25, 0.3) is 0 Å². The first-order valence-electron chi connectivity index (χ1n) is 6.50. The van der Waals surface area contributed by atoms with Crippen molar-refractivity contribution in [1.82, 2.24) is 0 Å². The molecule has 0 saturated carbocycles. The molecule has 1 aromatic carbocycles. The average molecular weight is 268 g/mol. The number of para-hydroxylation sites is 1. The maximum Gasteiger partial charge on any atom is 0.511 e. The molecule has 5 nitrogen and oxygen atoms in total. The highest BCUT2D eigenvalue weighted by molar-refractivity contribution is 5.64. The molecule has 0 aliphatic heterocycles. The van der Waals surface area contributed by atoms with Crippen molar-refractivity contribution in [2.24, 2.45) is 0 Å². The minimum Gasteiger partial charge on any atom is -0.502 e. The summed E-state index contributed by atoms with van der Waals surface area (Å²) in [6.45, 7) is 2.65. The van der Waals surface area contributed by atoms with Crippen LogP contribution in [0.15, 0.2) is 18.2 Å². The Labute approximate surface area is 112 Å². The molecule has 0 fully saturated rings. The number of benzene rings is 1. The van der Waals surface area contributed by atoms with Gasteiger partial charge in [0.05, 0.1) is 6.61 Å². The van der Waals surface area contributed by atoms with E-state index in [-0.39, 0.29) is 17.2 Å². The Balaban J connectivity index is 2.43. The van der Waals surface area contributed by atoms with Crippen LogP contribution in [-0.4, -0.2) is 23.0 Å². The Kier molecular flexibility index (Phi) is 6.57. The van der Waals surface area contributed by atoms with Gasteiger partial charge in [0.1, 0.15) is 0 Å². The molecule has 0 atom stereocenters. The van der Waals surface area contributed by atoms with E-state index < -0.39 is 6.16 Å². The fraction of sp³-hybridized carbons (Fsp3) is 0.500. The second-order valence-corrected chi connectivity index (χ2v) is 4.23. The number of ether oxygens (including phenoxy) is 2. The van der Waals surface area contributed by atoms with Crippen molar-refractivity contribution in [3.63, 3.8) is 0 Å². The van der Waals surface area contributed by atoms with E-state index in [2.05, 4.69) is 11.7 Å². The molecule has 0 aromatic heterocycles. The number of phenolic OH excluding ortho intramolecular Hbond substituents is 1. The Bertz CT molecular complexity index is 403. The lowest BCUT2D eigenvalue weighted by Crippen LogP contribution is -2.04. The first-order chi connectivity index (χ1) is 9.15. The third kappa shape index (κ3) is 5.50. The number of hydrogen-bond donors (Lipinski definition) is 2. The quantitative estimate of drug-likeness (QED) is 0.426. The van der Waals surface area contributed by atoms with Crippen LogP contribution in [0.3, 0.4) is 0 Å². The van der Waals surface area contributed by atoms with Gasteiger partial charge in [0.15, 0.2) is 11.5 Å². The number of phenols is 1. The summed E-state index contributed by atoms with van der Waals surface area (Å²) in [6.07, 6.45) is 4.10. The van der Waals surface area contributed by atoms with E-state index in [1.54, 1.807) is 12.1 Å². The molecular formula is C14H20O5. The topological polar surface area (TPSA) is 76.0 Å². The van der Waals surface area contributed by atoms with Crippen LogP contribution >= 0.6 is 0 Å². The van der Waals surface area contributed by atoms with Crippen molar-refractivity contribution in [2.75, 3.05) is 6.61 Å². The van der Waals surface area contributed by atoms with Gasteiger partial charge in [-0.25, -0.2) is 4.79 Å². The summed E-state index contributed by atoms with van der Waals surface area (Å²) in [7, 11) is 0. The first kappa shape index (κ1) is 15.1. The van der Waals surface area contributed by atoms with Gasteiger partial charge in [0, 0.05) is 0 Å². The molecule has 19 heavy (non-hydrogen) atoms. The predicted molar refractivity (Wildman–Crippen MR) is 71.0 cm³/mol. The SMILES string of the molecule is CCCCCCCOc1cccc(OC(=O)O)c1O. The standard InChI is InChI=1S/C14H20O5/c1-2-3-4-5-6-10-18-11-8-7-9-12(13(11)15)19-14(16)17/h7-9,15H,2-6,10H2,1H3,(H,16,17). The Morgan fingerprint density at radius 3 is 2.53 bits per heavy atom. The molecule has 0 bridgehead atoms. The summed E-state index contributed by atoms with van der Waals surface area (Å²) in [5.41, 5.74) is 0. The molecule has 5 heteroatoms. The second kappa shape index (κ2) is 8.24. The van der Waals surface area contributed by atoms with Crippen LogP contribution in [0.5, 0.6) is 17.2 Å². The molecule has 0 aliphatic carbocycles. The maximum absolute atomic E-state index is 10.4. The first-order valence-corrected chi connectivity index (χ1v) is 6.50. The predicted octanol–water partition coefficient (Wildman–Crippen LogP) is 3.80. The summed E-state index contributed by atoms with van der Waals surface area (Å²) in [4.78, 5) is 10.4. The zero-order chi connectivity index (χ0) is 14.1. The average Bonchev–Trinajstić information content (AvgIpc) is 2.37. The molecule has 0 radical (unpaired) electrons. The van der Waals surface area contributed by atoms with Crippen LogP contribution in [0.2, 0.25) is 0 Å². The minimum atomic E-state index is -1.47. The fourth-order valence-corrected chi connectivity index (χ4v) is 1.68. The van der Waals surface area contributed by atoms with Gasteiger partial charge in [0.25, 0.3) is 0 Å². The third-order valence-corrected chi connectivity index (χ3v) is 2.66. The number of unbranched alkanes of at least 4 members (excludes halogenated alkanes) is 4. The van der Waals surface area contributed by atoms with Crippen LogP contribution < -0.4 is 9.47 Å². The molecule has 0 saturated heterocycles. The van der Waals surface area contributed by atoms with Gasteiger partial charge in [0.2, 0.25) is 5.75 Å². The van der Waals surface area contributed by atoms with Gasteiger partial charge in [-0.05, 0) is 18.6 Å². The number of carboxylic acid groups (broad SMARTS) is 1. The highest BCUT2D eigenvalue weighted by atomic mass is 16.7. The zero-order valence-electron chi connectivity index (χ0n) is 11.1. The summed E-state index contributed by atoms with van der Waals surface area (Å²) in [6, 6.07) is 4.53. The largest absolute Gasteiger partial charge is 0.511 e. The van der Waals surface area contributed by atoms with Gasteiger partial charge in [-0.2, -0.15) is 0 Å². The van der Waals surface area contributed by atoms with Crippen LogP contribution in [0.4, 0.5) is 4.79 Å². The maximum atomic E-state index is 10.4. The molecule has 0 unspecified atom stereocenters. The van der Waals surface area contributed by atoms with E-state index in [9.17, 15) is 9.90 Å². The number of aromatic hydroxyl groups is 1. The smallest absolute Gasteiger partial charge is 0.502 e. The Hall–Kier alpha value is -1.91. The van der Waals surface area contributed by atoms with Gasteiger partial charge < -0.3 is 19.7 Å². The van der Waals surface area contributed by atoms with Crippen molar-refractivity contribution in [3.8, 4) is 17.2 Å². The lowest BCUT2D eigenvalue weighted by Gasteiger charge is -2.10. The van der Waals surface area contributed by atoms with E-state index >= 15 is 0 Å². The monoisotopic (exact) mass is 268 g/mol. The van der Waals surface area contributed by atoms with Crippen LogP contribution in [0.1, 0.15) is 39.0 Å². The van der Waals surface area contributed by atoms with E-state index in [0.29, 0.717) is 6.61 Å². The number of rotatable bonds is 8. The summed E-state index contributed by atoms with van der Waals surface area (Å²) >= 11 is 0. The van der Waals surface area contributed by atoms with Gasteiger partial charge in [-0.15, -0.1) is 0 Å². The molecule has 106 valence electrons. The van der Waals surface area contributed by atoms with Crippen molar-refractivity contribution in [3.05, 3.63) is 18.2 Å². The zero-order valence-corrected chi connectivity index (χ0v) is 11.1. The van der Waals surface area contributed by atoms with Gasteiger partial charge in [-0.3, -0.25) is 0 Å². The van der Waals surface area contributed by atoms with Crippen molar-refractivity contribution >= 4 is 6.16 Å². The lowest BCUT2D eigenvalue weighted by atomic mass is 10.2. The van der Waals surface area contributed by atoms with Crippen molar-refractivity contribution < 1.29 is 24.5 Å². The summed E-state index contributed by atoms with van der Waals surface area (Å²) < 4.78 is 9.85. The molecule has 0 aliphatic rings. The summed E-state index contributed by atoms with van der Waals surface area (Å²) in [5, 5.41) is 18.3. The molecule has 0 amide bonds. The third-order valence-electron chi connectivity index (χ3n) is 2.66. The van der Waals surface area contributed by atoms with E-state index in [0.717, 1.165) is 12.8 Å². The number of hydrogen-bond acceptors (Lipinski definition) is 4. The molecule has 2 N–H and O–H groups in total. The van der Waals surface area contributed by atoms with E-state index in [1.807, 2.05) is 0 Å². The second-order valence-electron chi connectivity index (χ2n) is 4.23. The van der Waals surface area contributed by atoms with Crippen molar-refractivity contribution in [2.45, 2.75) is 39.0 Å². The molecule has 0 spiro atoms.